The summed E-state index contributed by atoms with van der Waals surface area (Å²) in [5.41, 5.74) is 0. The van der Waals surface area contributed by atoms with Crippen molar-refractivity contribution in [2.75, 3.05) is 26.2 Å². The molecule has 1 rings (SSSR count). The Bertz CT molecular complexity index is 232. The van der Waals surface area contributed by atoms with Gasteiger partial charge in [-0.3, -0.25) is 4.90 Å². The lowest BCUT2D eigenvalue weighted by Gasteiger charge is -2.25. The predicted molar refractivity (Wildman–Crippen MR) is 64.4 cm³/mol. The van der Waals surface area contributed by atoms with Gasteiger partial charge in [-0.15, -0.1) is 0 Å². The normalized spacial score (nSPS) is 18.3. The van der Waals surface area contributed by atoms with E-state index in [1.807, 2.05) is 6.92 Å². The van der Waals surface area contributed by atoms with Gasteiger partial charge in [0.05, 0.1) is 13.2 Å². The van der Waals surface area contributed by atoms with Gasteiger partial charge < -0.3 is 10.4 Å². The summed E-state index contributed by atoms with van der Waals surface area (Å²) in [6.07, 6.45) is -0.896. The Balaban J connectivity index is 2.31. The maximum Gasteiger partial charge on any atom is 0.401 e. The first kappa shape index (κ1) is 15.7. The first-order valence-corrected chi connectivity index (χ1v) is 6.61. The first-order valence-electron chi connectivity index (χ1n) is 6.61. The zero-order valence-electron chi connectivity index (χ0n) is 10.8. The van der Waals surface area contributed by atoms with Crippen molar-refractivity contribution in [1.29, 1.82) is 0 Å². The lowest BCUT2D eigenvalue weighted by Crippen LogP contribution is -2.41. The van der Waals surface area contributed by atoms with Crippen LogP contribution in [0.4, 0.5) is 13.2 Å². The molecule has 0 spiro atoms. The minimum Gasteiger partial charge on any atom is -0.395 e. The molecule has 0 aromatic heterocycles. The van der Waals surface area contributed by atoms with Crippen LogP contribution in [0.3, 0.4) is 0 Å². The number of nitrogens with zero attached hydrogens (tertiary/aromatic N) is 1. The second-order valence-electron chi connectivity index (χ2n) is 4.94. The van der Waals surface area contributed by atoms with Crippen molar-refractivity contribution in [3.63, 3.8) is 0 Å². The number of hydrogen-bond acceptors (Lipinski definition) is 3. The predicted octanol–water partition coefficient (Wildman–Crippen LogP) is 1.76. The van der Waals surface area contributed by atoms with E-state index < -0.39 is 12.7 Å². The summed E-state index contributed by atoms with van der Waals surface area (Å²) in [6, 6.07) is -0.00317. The SMILES string of the molecule is CCCNC(CO)CCN(CC(F)(F)F)C1CC1. The van der Waals surface area contributed by atoms with Gasteiger partial charge in [0.25, 0.3) is 0 Å². The maximum absolute atomic E-state index is 12.4. The largest absolute Gasteiger partial charge is 0.401 e. The van der Waals surface area contributed by atoms with Crippen LogP contribution < -0.4 is 5.32 Å². The molecule has 1 aliphatic rings. The molecule has 0 aromatic carbocycles. The minimum absolute atomic E-state index is 0.0233. The van der Waals surface area contributed by atoms with E-state index in [4.69, 9.17) is 5.11 Å². The Morgan fingerprint density at radius 1 is 1.39 bits per heavy atom. The Morgan fingerprint density at radius 2 is 2.06 bits per heavy atom. The third-order valence-electron chi connectivity index (χ3n) is 3.11. The topological polar surface area (TPSA) is 35.5 Å². The van der Waals surface area contributed by atoms with E-state index in [-0.39, 0.29) is 18.7 Å². The summed E-state index contributed by atoms with van der Waals surface area (Å²) in [5, 5.41) is 12.3. The Labute approximate surface area is 106 Å². The first-order chi connectivity index (χ1) is 8.46. The number of aliphatic hydroxyl groups excluding tert-OH is 1. The van der Waals surface area contributed by atoms with Gasteiger partial charge >= 0.3 is 6.18 Å². The number of alkyl halides is 3. The fourth-order valence-electron chi connectivity index (χ4n) is 1.99. The van der Waals surface area contributed by atoms with Gasteiger partial charge in [0.2, 0.25) is 0 Å². The van der Waals surface area contributed by atoms with Crippen molar-refractivity contribution in [2.45, 2.75) is 50.9 Å². The fourth-order valence-corrected chi connectivity index (χ4v) is 1.99. The van der Waals surface area contributed by atoms with E-state index >= 15 is 0 Å². The van der Waals surface area contributed by atoms with Crippen molar-refractivity contribution < 1.29 is 18.3 Å². The fraction of sp³-hybridized carbons (Fsp3) is 1.00. The van der Waals surface area contributed by atoms with Crippen molar-refractivity contribution in [3.8, 4) is 0 Å². The van der Waals surface area contributed by atoms with E-state index in [0.29, 0.717) is 13.0 Å². The molecule has 1 saturated carbocycles. The highest BCUT2D eigenvalue weighted by molar-refractivity contribution is 4.86. The summed E-state index contributed by atoms with van der Waals surface area (Å²) in [4.78, 5) is 1.50. The standard InChI is InChI=1S/C12H23F3N2O/c1-2-6-16-10(8-18)5-7-17(11-3-4-11)9-12(13,14)15/h10-11,16,18H,2-9H2,1H3. The summed E-state index contributed by atoms with van der Waals surface area (Å²) in [5.74, 6) is 0. The van der Waals surface area contributed by atoms with Crippen LogP contribution in [-0.2, 0) is 0 Å². The molecular weight excluding hydrogens is 245 g/mol. The molecule has 108 valence electrons. The molecule has 0 bridgehead atoms. The molecule has 6 heteroatoms. The van der Waals surface area contributed by atoms with E-state index in [1.54, 1.807) is 0 Å². The number of aliphatic hydroxyl groups is 1. The van der Waals surface area contributed by atoms with Crippen molar-refractivity contribution in [3.05, 3.63) is 0 Å². The van der Waals surface area contributed by atoms with Crippen LogP contribution in [0.1, 0.15) is 32.6 Å². The van der Waals surface area contributed by atoms with Crippen LogP contribution in [0.5, 0.6) is 0 Å². The number of rotatable bonds is 9. The molecule has 0 saturated heterocycles. The van der Waals surface area contributed by atoms with Crippen molar-refractivity contribution in [1.82, 2.24) is 10.2 Å². The lowest BCUT2D eigenvalue weighted by atomic mass is 10.2. The zero-order valence-corrected chi connectivity index (χ0v) is 10.8. The van der Waals surface area contributed by atoms with Crippen LogP contribution in [0, 0.1) is 0 Å². The second-order valence-corrected chi connectivity index (χ2v) is 4.94. The molecule has 18 heavy (non-hydrogen) atoms. The quantitative estimate of drug-likeness (QED) is 0.669. The number of halogens is 3. The third-order valence-corrected chi connectivity index (χ3v) is 3.11. The van der Waals surface area contributed by atoms with Gasteiger partial charge in [-0.1, -0.05) is 6.92 Å². The summed E-state index contributed by atoms with van der Waals surface area (Å²) in [7, 11) is 0. The van der Waals surface area contributed by atoms with Crippen LogP contribution in [0.25, 0.3) is 0 Å². The third kappa shape index (κ3) is 6.56. The van der Waals surface area contributed by atoms with Crippen LogP contribution >= 0.6 is 0 Å². The van der Waals surface area contributed by atoms with Crippen molar-refractivity contribution in [2.24, 2.45) is 0 Å². The second kappa shape index (κ2) is 7.31. The summed E-state index contributed by atoms with van der Waals surface area (Å²) < 4.78 is 37.2. The molecule has 1 aliphatic carbocycles. The summed E-state index contributed by atoms with van der Waals surface area (Å²) >= 11 is 0. The van der Waals surface area contributed by atoms with E-state index in [9.17, 15) is 13.2 Å². The average Bonchev–Trinajstić information content (AvgIpc) is 3.10. The molecule has 3 nitrogen and oxygen atoms in total. The molecular formula is C12H23F3N2O. The molecule has 1 unspecified atom stereocenters. The van der Waals surface area contributed by atoms with Crippen LogP contribution in [-0.4, -0.2) is 54.5 Å². The zero-order chi connectivity index (χ0) is 13.6. The molecule has 0 heterocycles. The Kier molecular flexibility index (Phi) is 6.38. The minimum atomic E-state index is -4.13. The van der Waals surface area contributed by atoms with Gasteiger partial charge in [-0.25, -0.2) is 0 Å². The summed E-state index contributed by atoms with van der Waals surface area (Å²) in [6.45, 7) is 2.34. The highest BCUT2D eigenvalue weighted by Gasteiger charge is 2.37. The number of nitrogens with one attached hydrogen (secondary N) is 1. The molecule has 1 atom stereocenters. The van der Waals surface area contributed by atoms with Crippen molar-refractivity contribution >= 4 is 0 Å². The smallest absolute Gasteiger partial charge is 0.395 e. The molecule has 0 amide bonds. The van der Waals surface area contributed by atoms with Gasteiger partial charge in [0, 0.05) is 18.6 Å². The Hall–Kier alpha value is -0.330. The highest BCUT2D eigenvalue weighted by atomic mass is 19.4. The van der Waals surface area contributed by atoms with Gasteiger partial charge in [-0.05, 0) is 32.2 Å². The highest BCUT2D eigenvalue weighted by Crippen LogP contribution is 2.30. The Morgan fingerprint density at radius 3 is 2.50 bits per heavy atom. The van der Waals surface area contributed by atoms with Gasteiger partial charge in [-0.2, -0.15) is 13.2 Å². The van der Waals surface area contributed by atoms with Gasteiger partial charge in [0.1, 0.15) is 0 Å². The van der Waals surface area contributed by atoms with E-state index in [1.165, 1.54) is 4.90 Å². The molecule has 1 fully saturated rings. The maximum atomic E-state index is 12.4. The molecule has 0 radical (unpaired) electrons. The van der Waals surface area contributed by atoms with E-state index in [2.05, 4.69) is 5.32 Å². The molecule has 0 aliphatic heterocycles. The molecule has 2 N–H and O–H groups in total. The van der Waals surface area contributed by atoms with Crippen LogP contribution in [0.15, 0.2) is 0 Å². The van der Waals surface area contributed by atoms with Crippen LogP contribution in [0.2, 0.25) is 0 Å². The molecule has 0 aromatic rings. The lowest BCUT2D eigenvalue weighted by molar-refractivity contribution is -0.147. The average molecular weight is 268 g/mol. The number of hydrogen-bond donors (Lipinski definition) is 2. The monoisotopic (exact) mass is 268 g/mol. The van der Waals surface area contributed by atoms with E-state index in [0.717, 1.165) is 25.8 Å². The van der Waals surface area contributed by atoms with Gasteiger partial charge in [0.15, 0.2) is 0 Å².